The van der Waals surface area contributed by atoms with Crippen molar-refractivity contribution in [3.8, 4) is 0 Å². The van der Waals surface area contributed by atoms with Crippen LogP contribution >= 0.6 is 0 Å². The molecular weight excluding hydrogens is 576 g/mol. The summed E-state index contributed by atoms with van der Waals surface area (Å²) in [6, 6.07) is 0. The Kier molecular flexibility index (Phi) is 28.4. The van der Waals surface area contributed by atoms with Gasteiger partial charge >= 0.3 is 12.1 Å². The number of carbonyl (C=O) groups is 3. The second kappa shape index (κ2) is 29.9. The van der Waals surface area contributed by atoms with Crippen LogP contribution in [0.5, 0.6) is 0 Å². The van der Waals surface area contributed by atoms with E-state index in [1.807, 2.05) is 0 Å². The van der Waals surface area contributed by atoms with Gasteiger partial charge in [-0.3, -0.25) is 4.79 Å². The molecule has 2 amide bonds. The van der Waals surface area contributed by atoms with Crippen molar-refractivity contribution in [3.63, 3.8) is 0 Å². The fourth-order valence-electron chi connectivity index (χ4n) is 2.73. The fraction of sp³-hybridized carbons (Fsp3) is 0.889. The molecule has 0 fully saturated rings. The van der Waals surface area contributed by atoms with E-state index in [1.54, 1.807) is 20.8 Å². The number of nitrogens with one attached hydrogen (secondary N) is 2. The summed E-state index contributed by atoms with van der Waals surface area (Å²) in [4.78, 5) is 33.1. The lowest BCUT2D eigenvalue weighted by molar-refractivity contribution is -0.143. The molecule has 0 heterocycles. The summed E-state index contributed by atoms with van der Waals surface area (Å²) in [5.41, 5.74) is -0.519. The van der Waals surface area contributed by atoms with E-state index in [0.29, 0.717) is 119 Å². The molecule has 16 heteroatoms. The van der Waals surface area contributed by atoms with Gasteiger partial charge in [0.1, 0.15) is 18.8 Å². The average molecular weight is 629 g/mol. The summed E-state index contributed by atoms with van der Waals surface area (Å²) in [6.07, 6.45) is -0.462. The smallest absolute Gasteiger partial charge is 0.407 e. The van der Waals surface area contributed by atoms with E-state index in [4.69, 9.17) is 47.7 Å². The summed E-state index contributed by atoms with van der Waals surface area (Å²) in [6.45, 7) is 12.2. The van der Waals surface area contributed by atoms with Crippen LogP contribution in [-0.4, -0.2) is 161 Å². The predicted octanol–water partition coefficient (Wildman–Crippen LogP) is -0.139. The van der Waals surface area contributed by atoms with Crippen molar-refractivity contribution in [1.29, 1.82) is 0 Å². The molecule has 0 radical (unpaired) electrons. The minimum Gasteiger partial charge on any atom is -0.480 e. The molecule has 254 valence electrons. The number of ether oxygens (including phenoxy) is 10. The summed E-state index contributed by atoms with van der Waals surface area (Å²) >= 11 is 0. The lowest BCUT2D eigenvalue weighted by Gasteiger charge is -2.19. The molecule has 0 saturated carbocycles. The van der Waals surface area contributed by atoms with E-state index < -0.39 is 30.2 Å². The van der Waals surface area contributed by atoms with Crippen molar-refractivity contribution in [2.75, 3.05) is 132 Å². The third-order valence-corrected chi connectivity index (χ3v) is 4.55. The van der Waals surface area contributed by atoms with Crippen LogP contribution in [0.25, 0.3) is 0 Å². The zero-order valence-electron chi connectivity index (χ0n) is 25.9. The molecule has 0 aliphatic rings. The Morgan fingerprint density at radius 2 is 0.814 bits per heavy atom. The van der Waals surface area contributed by atoms with Crippen LogP contribution in [0.1, 0.15) is 20.8 Å². The van der Waals surface area contributed by atoms with E-state index in [2.05, 4.69) is 15.4 Å². The van der Waals surface area contributed by atoms with Gasteiger partial charge in [0, 0.05) is 13.1 Å². The van der Waals surface area contributed by atoms with E-state index >= 15 is 0 Å². The van der Waals surface area contributed by atoms with E-state index in [9.17, 15) is 14.4 Å². The maximum absolute atomic E-state index is 11.5. The summed E-state index contributed by atoms with van der Waals surface area (Å²) in [5, 5.41) is 13.6. The van der Waals surface area contributed by atoms with Gasteiger partial charge in [-0.05, 0) is 20.8 Å². The van der Waals surface area contributed by atoms with E-state index in [0.717, 1.165) is 0 Å². The number of alkyl carbamates (subject to hydrolysis) is 1. The molecule has 3 N–H and O–H groups in total. The first-order valence-corrected chi connectivity index (χ1v) is 14.4. The monoisotopic (exact) mass is 628 g/mol. The first-order chi connectivity index (χ1) is 20.7. The number of carboxylic acids is 1. The van der Waals surface area contributed by atoms with Crippen LogP contribution in [0.3, 0.4) is 0 Å². The van der Waals surface area contributed by atoms with Gasteiger partial charge in [-0.2, -0.15) is 0 Å². The van der Waals surface area contributed by atoms with Gasteiger partial charge in [-0.1, -0.05) is 0 Å². The van der Waals surface area contributed by atoms with Crippen LogP contribution in [0.2, 0.25) is 0 Å². The number of carbonyl (C=O) groups excluding carboxylic acids is 2. The summed E-state index contributed by atoms with van der Waals surface area (Å²) in [7, 11) is 0. The van der Waals surface area contributed by atoms with Gasteiger partial charge in [0.05, 0.1) is 106 Å². The second-order valence-corrected chi connectivity index (χ2v) is 9.56. The molecule has 0 aromatic rings. The Morgan fingerprint density at radius 1 is 0.488 bits per heavy atom. The van der Waals surface area contributed by atoms with Gasteiger partial charge in [-0.25, -0.2) is 9.59 Å². The van der Waals surface area contributed by atoms with Crippen molar-refractivity contribution in [2.45, 2.75) is 26.4 Å². The number of carboxylic acid groups (broad SMARTS) is 1. The largest absolute Gasteiger partial charge is 0.480 e. The minimum atomic E-state index is -1.13. The van der Waals surface area contributed by atoms with Gasteiger partial charge < -0.3 is 63.1 Å². The Hall–Kier alpha value is -2.15. The highest BCUT2D eigenvalue weighted by Gasteiger charge is 2.15. The van der Waals surface area contributed by atoms with Crippen LogP contribution in [0.4, 0.5) is 4.79 Å². The third-order valence-electron chi connectivity index (χ3n) is 4.55. The molecule has 0 aliphatic carbocycles. The molecule has 0 atom stereocenters. The molecule has 0 unspecified atom stereocenters. The number of hydrogen-bond donors (Lipinski definition) is 3. The summed E-state index contributed by atoms with van der Waals surface area (Å²) in [5.74, 6) is -1.53. The Balaban J connectivity index is 3.15. The Labute approximate surface area is 254 Å². The Morgan fingerprint density at radius 3 is 1.14 bits per heavy atom. The van der Waals surface area contributed by atoms with Crippen molar-refractivity contribution in [2.24, 2.45) is 0 Å². The van der Waals surface area contributed by atoms with Crippen molar-refractivity contribution >= 4 is 18.0 Å². The zero-order chi connectivity index (χ0) is 31.9. The van der Waals surface area contributed by atoms with Crippen molar-refractivity contribution in [3.05, 3.63) is 0 Å². The molecule has 0 spiro atoms. The maximum atomic E-state index is 11.5. The third kappa shape index (κ3) is 36.0. The quantitative estimate of drug-likeness (QED) is 0.0861. The molecule has 0 aliphatic heterocycles. The number of hydrogen-bond acceptors (Lipinski definition) is 13. The molecule has 0 aromatic heterocycles. The van der Waals surface area contributed by atoms with Gasteiger partial charge in [-0.15, -0.1) is 0 Å². The first kappa shape index (κ1) is 40.9. The predicted molar refractivity (Wildman–Crippen MR) is 152 cm³/mol. The molecule has 16 nitrogen and oxygen atoms in total. The maximum Gasteiger partial charge on any atom is 0.407 e. The topological polar surface area (TPSA) is 188 Å². The fourth-order valence-corrected chi connectivity index (χ4v) is 2.73. The standard InChI is InChI=1S/C27H52N2O14/c1-27(2,3)43-26(33)29-5-7-35-9-11-37-13-15-39-17-19-41-21-20-40-18-16-38-14-12-36-10-8-34-6-4-28-24(30)22-42-23-25(31)32/h4-23H2,1-3H3,(H,28,30)(H,29,33)(H,31,32). The zero-order valence-corrected chi connectivity index (χ0v) is 25.9. The van der Waals surface area contributed by atoms with Gasteiger partial charge in [0.25, 0.3) is 0 Å². The van der Waals surface area contributed by atoms with Crippen LogP contribution < -0.4 is 10.6 Å². The van der Waals surface area contributed by atoms with Crippen LogP contribution in [-0.2, 0) is 57.0 Å². The number of rotatable bonds is 31. The highest BCUT2D eigenvalue weighted by atomic mass is 16.6. The van der Waals surface area contributed by atoms with Crippen molar-refractivity contribution in [1.82, 2.24) is 10.6 Å². The van der Waals surface area contributed by atoms with E-state index in [1.165, 1.54) is 0 Å². The van der Waals surface area contributed by atoms with Gasteiger partial charge in [0.2, 0.25) is 5.91 Å². The van der Waals surface area contributed by atoms with Crippen LogP contribution in [0, 0.1) is 0 Å². The van der Waals surface area contributed by atoms with Gasteiger partial charge in [0.15, 0.2) is 0 Å². The summed E-state index contributed by atoms with van der Waals surface area (Å²) < 4.78 is 53.0. The van der Waals surface area contributed by atoms with E-state index in [-0.39, 0.29) is 6.61 Å². The SMILES string of the molecule is CC(C)(C)OC(=O)NCCOCCOCCOCCOCCOCCOCCOCCOCCNC(=O)COCC(=O)O. The second-order valence-electron chi connectivity index (χ2n) is 9.56. The Bertz CT molecular complexity index is 679. The molecule has 0 bridgehead atoms. The lowest BCUT2D eigenvalue weighted by Crippen LogP contribution is -2.34. The highest BCUT2D eigenvalue weighted by Crippen LogP contribution is 2.06. The van der Waals surface area contributed by atoms with Crippen LogP contribution in [0.15, 0.2) is 0 Å². The molecule has 0 aromatic carbocycles. The molecule has 0 rings (SSSR count). The number of aliphatic carboxylic acids is 1. The number of amides is 2. The molecular formula is C27H52N2O14. The lowest BCUT2D eigenvalue weighted by atomic mass is 10.2. The normalized spacial score (nSPS) is 11.4. The molecule has 0 saturated heterocycles. The molecule has 43 heavy (non-hydrogen) atoms. The highest BCUT2D eigenvalue weighted by molar-refractivity contribution is 5.77. The van der Waals surface area contributed by atoms with Crippen molar-refractivity contribution < 1.29 is 66.9 Å². The minimum absolute atomic E-state index is 0.297. The average Bonchev–Trinajstić information content (AvgIpc) is 2.93. The first-order valence-electron chi connectivity index (χ1n) is 14.4.